The summed E-state index contributed by atoms with van der Waals surface area (Å²) in [6, 6.07) is 1.71. The van der Waals surface area contributed by atoms with Gasteiger partial charge in [-0.1, -0.05) is 0 Å². The molecule has 0 fully saturated rings. The van der Waals surface area contributed by atoms with E-state index in [1.165, 1.54) is 0 Å². The molecule has 0 aromatic carbocycles. The van der Waals surface area contributed by atoms with Crippen molar-refractivity contribution in [1.29, 1.82) is 5.26 Å². The molecule has 0 aromatic rings. The summed E-state index contributed by atoms with van der Waals surface area (Å²) in [5, 5.41) is 23.5. The first-order valence-electron chi connectivity index (χ1n) is 4.79. The second-order valence-electron chi connectivity index (χ2n) is 3.24. The molecular weight excluding hydrogens is 228 g/mol. The third-order valence-corrected chi connectivity index (χ3v) is 2.01. The highest BCUT2D eigenvalue weighted by Gasteiger charge is 2.25. The summed E-state index contributed by atoms with van der Waals surface area (Å²) < 4.78 is 0. The van der Waals surface area contributed by atoms with Crippen molar-refractivity contribution >= 4 is 23.5 Å². The molecule has 1 aliphatic rings. The van der Waals surface area contributed by atoms with E-state index >= 15 is 0 Å². The highest BCUT2D eigenvalue weighted by atomic mass is 16.4. The zero-order valence-electron chi connectivity index (χ0n) is 8.84. The van der Waals surface area contributed by atoms with Gasteiger partial charge in [0.2, 0.25) is 11.8 Å². The van der Waals surface area contributed by atoms with Gasteiger partial charge in [0.05, 0.1) is 6.07 Å². The van der Waals surface area contributed by atoms with Crippen molar-refractivity contribution in [2.45, 2.75) is 12.8 Å². The van der Waals surface area contributed by atoms with Crippen LogP contribution >= 0.6 is 0 Å². The second kappa shape index (κ2) is 5.60. The number of carbonyl (C=O) groups excluding carboxylic acids is 2. The predicted octanol–water partition coefficient (Wildman–Crippen LogP) is -1.31. The standard InChI is InChI=1S/C9H10N4O4/c10-3-4-11-7(14)5-13-8(15)2-1-6(12-13)9(16)17/h1-2,4-5H2,(H,11,14)(H,16,17). The van der Waals surface area contributed by atoms with E-state index in [0.717, 1.165) is 5.01 Å². The van der Waals surface area contributed by atoms with Crippen LogP contribution in [0.4, 0.5) is 0 Å². The first-order valence-corrected chi connectivity index (χ1v) is 4.79. The van der Waals surface area contributed by atoms with Crippen LogP contribution in [0.1, 0.15) is 12.8 Å². The van der Waals surface area contributed by atoms with Gasteiger partial charge >= 0.3 is 5.97 Å². The van der Waals surface area contributed by atoms with Crippen LogP contribution < -0.4 is 5.32 Å². The number of hydrogen-bond donors (Lipinski definition) is 2. The van der Waals surface area contributed by atoms with Gasteiger partial charge in [-0.2, -0.15) is 10.4 Å². The molecule has 0 spiro atoms. The van der Waals surface area contributed by atoms with Gasteiger partial charge in [0.1, 0.15) is 18.8 Å². The van der Waals surface area contributed by atoms with Crippen molar-refractivity contribution in [3.63, 3.8) is 0 Å². The Hall–Kier alpha value is -2.43. The van der Waals surface area contributed by atoms with Gasteiger partial charge in [-0.3, -0.25) is 9.59 Å². The van der Waals surface area contributed by atoms with Gasteiger partial charge in [-0.25, -0.2) is 9.80 Å². The zero-order chi connectivity index (χ0) is 12.8. The monoisotopic (exact) mass is 238 g/mol. The maximum Gasteiger partial charge on any atom is 0.352 e. The average Bonchev–Trinajstić information content (AvgIpc) is 2.29. The number of carboxylic acid groups (broad SMARTS) is 1. The summed E-state index contributed by atoms with van der Waals surface area (Å²) in [7, 11) is 0. The summed E-state index contributed by atoms with van der Waals surface area (Å²) in [5.74, 6) is -2.18. The lowest BCUT2D eigenvalue weighted by Gasteiger charge is -2.21. The molecule has 2 amide bonds. The van der Waals surface area contributed by atoms with Crippen LogP contribution in [0.25, 0.3) is 0 Å². The lowest BCUT2D eigenvalue weighted by molar-refractivity contribution is -0.137. The van der Waals surface area contributed by atoms with E-state index in [2.05, 4.69) is 10.4 Å². The highest BCUT2D eigenvalue weighted by molar-refractivity contribution is 6.36. The third-order valence-electron chi connectivity index (χ3n) is 2.01. The fourth-order valence-corrected chi connectivity index (χ4v) is 1.21. The molecule has 1 rings (SSSR count). The Labute approximate surface area is 96.5 Å². The van der Waals surface area contributed by atoms with Crippen LogP contribution in [-0.4, -0.2) is 46.7 Å². The number of carboxylic acids is 1. The van der Waals surface area contributed by atoms with E-state index < -0.39 is 17.8 Å². The molecule has 0 saturated carbocycles. The van der Waals surface area contributed by atoms with Crippen molar-refractivity contribution in [2.75, 3.05) is 13.1 Å². The van der Waals surface area contributed by atoms with Crippen LogP contribution in [0.3, 0.4) is 0 Å². The lowest BCUT2D eigenvalue weighted by Crippen LogP contribution is -2.41. The normalized spacial score (nSPS) is 14.9. The number of hydrazone groups is 1. The molecular formula is C9H10N4O4. The van der Waals surface area contributed by atoms with Crippen LogP contribution in [0, 0.1) is 11.3 Å². The van der Waals surface area contributed by atoms with Crippen LogP contribution in [0.15, 0.2) is 5.10 Å². The molecule has 1 heterocycles. The first-order chi connectivity index (χ1) is 8.04. The summed E-state index contributed by atoms with van der Waals surface area (Å²) >= 11 is 0. The Kier molecular flexibility index (Phi) is 4.16. The van der Waals surface area contributed by atoms with Gasteiger partial charge in [0, 0.05) is 12.8 Å². The van der Waals surface area contributed by atoms with Gasteiger partial charge in [-0.15, -0.1) is 0 Å². The van der Waals surface area contributed by atoms with Crippen LogP contribution in [-0.2, 0) is 14.4 Å². The summed E-state index contributed by atoms with van der Waals surface area (Å²) in [5.41, 5.74) is -0.155. The molecule has 0 aromatic heterocycles. The molecule has 0 bridgehead atoms. The van der Waals surface area contributed by atoms with Gasteiger partial charge in [0.15, 0.2) is 0 Å². The number of carbonyl (C=O) groups is 3. The van der Waals surface area contributed by atoms with Gasteiger partial charge < -0.3 is 10.4 Å². The quantitative estimate of drug-likeness (QED) is 0.588. The Morgan fingerprint density at radius 3 is 2.82 bits per heavy atom. The van der Waals surface area contributed by atoms with E-state index in [0.29, 0.717) is 0 Å². The topological polar surface area (TPSA) is 123 Å². The van der Waals surface area contributed by atoms with Crippen molar-refractivity contribution < 1.29 is 19.5 Å². The van der Waals surface area contributed by atoms with Crippen molar-refractivity contribution in [1.82, 2.24) is 10.3 Å². The van der Waals surface area contributed by atoms with E-state index in [1.807, 2.05) is 0 Å². The maximum atomic E-state index is 11.4. The number of nitriles is 1. The SMILES string of the molecule is N#CCNC(=O)CN1N=C(C(=O)O)CCC1=O. The largest absolute Gasteiger partial charge is 0.477 e. The van der Waals surface area contributed by atoms with E-state index in [4.69, 9.17) is 10.4 Å². The van der Waals surface area contributed by atoms with E-state index in [9.17, 15) is 14.4 Å². The molecule has 8 heteroatoms. The van der Waals surface area contributed by atoms with Crippen molar-refractivity contribution in [3.05, 3.63) is 0 Å². The smallest absolute Gasteiger partial charge is 0.352 e. The molecule has 8 nitrogen and oxygen atoms in total. The maximum absolute atomic E-state index is 11.4. The first kappa shape index (κ1) is 12.6. The molecule has 0 aliphatic carbocycles. The minimum absolute atomic E-state index is 0.0106. The molecule has 0 saturated heterocycles. The van der Waals surface area contributed by atoms with Crippen molar-refractivity contribution in [3.8, 4) is 6.07 Å². The predicted molar refractivity (Wildman–Crippen MR) is 54.6 cm³/mol. The molecule has 17 heavy (non-hydrogen) atoms. The fraction of sp³-hybridized carbons (Fsp3) is 0.444. The van der Waals surface area contributed by atoms with Crippen LogP contribution in [0.2, 0.25) is 0 Å². The number of amides is 2. The highest BCUT2D eigenvalue weighted by Crippen LogP contribution is 2.08. The Morgan fingerprint density at radius 2 is 2.24 bits per heavy atom. The molecule has 0 unspecified atom stereocenters. The number of nitrogens with one attached hydrogen (secondary N) is 1. The van der Waals surface area contributed by atoms with Gasteiger partial charge in [-0.05, 0) is 0 Å². The summed E-state index contributed by atoms with van der Waals surface area (Å²) in [4.78, 5) is 33.2. The van der Waals surface area contributed by atoms with Gasteiger partial charge in [0.25, 0.3) is 0 Å². The second-order valence-corrected chi connectivity index (χ2v) is 3.24. The number of aliphatic carboxylic acids is 1. The molecule has 2 N–H and O–H groups in total. The summed E-state index contributed by atoms with van der Waals surface area (Å²) in [6.07, 6.45) is 0.0706. The number of nitrogens with zero attached hydrogens (tertiary/aromatic N) is 3. The lowest BCUT2D eigenvalue weighted by atomic mass is 10.2. The fourth-order valence-electron chi connectivity index (χ4n) is 1.21. The van der Waals surface area contributed by atoms with E-state index in [-0.39, 0.29) is 31.6 Å². The summed E-state index contributed by atoms with van der Waals surface area (Å²) in [6.45, 7) is -0.548. The number of hydrogen-bond acceptors (Lipinski definition) is 5. The molecule has 0 atom stereocenters. The van der Waals surface area contributed by atoms with Crippen molar-refractivity contribution in [2.24, 2.45) is 5.10 Å². The Balaban J connectivity index is 2.65. The van der Waals surface area contributed by atoms with Crippen LogP contribution in [0.5, 0.6) is 0 Å². The molecule has 0 radical (unpaired) electrons. The average molecular weight is 238 g/mol. The minimum atomic E-state index is -1.21. The Bertz CT molecular complexity index is 423. The minimum Gasteiger partial charge on any atom is -0.477 e. The zero-order valence-corrected chi connectivity index (χ0v) is 8.84. The third kappa shape index (κ3) is 3.57. The molecule has 90 valence electrons. The number of rotatable bonds is 4. The van der Waals surface area contributed by atoms with E-state index in [1.54, 1.807) is 6.07 Å². The molecule has 1 aliphatic heterocycles. The Morgan fingerprint density at radius 1 is 1.53 bits per heavy atom.